The number of carbonyl (C=O) groups is 1. The average Bonchev–Trinajstić information content (AvgIpc) is 3.59. The van der Waals surface area contributed by atoms with Gasteiger partial charge in [-0.25, -0.2) is 9.97 Å². The Kier molecular flexibility index (Phi) is 6.12. The molecule has 0 radical (unpaired) electrons. The molecule has 0 saturated heterocycles. The minimum Gasteiger partial charge on any atom is -0.396 e. The van der Waals surface area contributed by atoms with Gasteiger partial charge in [0.1, 0.15) is 5.52 Å². The van der Waals surface area contributed by atoms with Gasteiger partial charge < -0.3 is 20.6 Å². The summed E-state index contributed by atoms with van der Waals surface area (Å²) < 4.78 is 48.8. The second kappa shape index (κ2) is 9.22. The Morgan fingerprint density at radius 1 is 1.18 bits per heavy atom. The van der Waals surface area contributed by atoms with Crippen LogP contribution in [0.1, 0.15) is 48.4 Å². The molecule has 0 saturated carbocycles. The van der Waals surface area contributed by atoms with Gasteiger partial charge in [-0.15, -0.1) is 0 Å². The number of nitrogens with zero attached hydrogens (tertiary/aromatic N) is 6. The van der Waals surface area contributed by atoms with Crippen molar-refractivity contribution in [3.63, 3.8) is 0 Å². The maximum Gasteiger partial charge on any atom is 0.416 e. The molecule has 1 amide bonds. The van der Waals surface area contributed by atoms with E-state index >= 15 is 0 Å². The third-order valence-corrected chi connectivity index (χ3v) is 5.92. The standard InChI is InChI=1S/C25H24F3N9O2/c1-24(2,3)23-34-22(39-36-23)21(38)31-10-13-6-5-12(9-15(13)25(26,27)28)14-7-8-30-19-17(14)32-20(33-19)18-16(29)11-37(4)35-18/h5-9,11H,10,29H2,1-4H3,(H,31,38)(H,30,32,33). The van der Waals surface area contributed by atoms with Crippen molar-refractivity contribution in [3.8, 4) is 22.6 Å². The number of benzene rings is 1. The first-order valence-corrected chi connectivity index (χ1v) is 11.8. The van der Waals surface area contributed by atoms with Crippen molar-refractivity contribution >= 4 is 22.8 Å². The fraction of sp³-hybridized carbons (Fsp3) is 0.280. The zero-order valence-corrected chi connectivity index (χ0v) is 21.4. The molecule has 0 spiro atoms. The van der Waals surface area contributed by atoms with Crippen LogP contribution in [0.5, 0.6) is 0 Å². The van der Waals surface area contributed by atoms with Gasteiger partial charge in [0.25, 0.3) is 0 Å². The number of halogens is 3. The second-order valence-corrected chi connectivity index (χ2v) is 9.97. The Morgan fingerprint density at radius 2 is 1.95 bits per heavy atom. The summed E-state index contributed by atoms with van der Waals surface area (Å²) in [4.78, 5) is 28.3. The number of hydrogen-bond donors (Lipinski definition) is 3. The fourth-order valence-corrected chi connectivity index (χ4v) is 3.98. The van der Waals surface area contributed by atoms with Crippen LogP contribution in [0.25, 0.3) is 33.8 Å². The zero-order chi connectivity index (χ0) is 28.1. The van der Waals surface area contributed by atoms with E-state index in [2.05, 4.69) is 35.5 Å². The van der Waals surface area contributed by atoms with Crippen molar-refractivity contribution < 1.29 is 22.5 Å². The van der Waals surface area contributed by atoms with Crippen LogP contribution in [0, 0.1) is 0 Å². The summed E-state index contributed by atoms with van der Waals surface area (Å²) in [5.74, 6) is -0.450. The van der Waals surface area contributed by atoms with Crippen LogP contribution in [0.2, 0.25) is 0 Å². The molecule has 202 valence electrons. The van der Waals surface area contributed by atoms with E-state index in [1.807, 2.05) is 20.8 Å². The highest BCUT2D eigenvalue weighted by molar-refractivity contribution is 5.92. The van der Waals surface area contributed by atoms with Gasteiger partial charge in [0, 0.05) is 37.0 Å². The molecule has 0 bridgehead atoms. The van der Waals surface area contributed by atoms with Crippen LogP contribution in [0.4, 0.5) is 18.9 Å². The van der Waals surface area contributed by atoms with Gasteiger partial charge in [-0.3, -0.25) is 9.48 Å². The molecule has 4 heterocycles. The van der Waals surface area contributed by atoms with Gasteiger partial charge in [0.15, 0.2) is 23.0 Å². The number of nitrogens with one attached hydrogen (secondary N) is 2. The first kappa shape index (κ1) is 25.9. The number of rotatable bonds is 5. The predicted molar refractivity (Wildman–Crippen MR) is 135 cm³/mol. The molecule has 11 nitrogen and oxygen atoms in total. The summed E-state index contributed by atoms with van der Waals surface area (Å²) in [7, 11) is 1.71. The first-order chi connectivity index (χ1) is 18.3. The van der Waals surface area contributed by atoms with Crippen LogP contribution in [-0.2, 0) is 25.2 Å². The van der Waals surface area contributed by atoms with E-state index in [9.17, 15) is 18.0 Å². The molecule has 0 fully saturated rings. The largest absolute Gasteiger partial charge is 0.416 e. The van der Waals surface area contributed by atoms with Crippen molar-refractivity contribution in [3.05, 3.63) is 59.5 Å². The minimum absolute atomic E-state index is 0.135. The number of aromatic nitrogens is 7. The van der Waals surface area contributed by atoms with Gasteiger partial charge in [-0.1, -0.05) is 38.1 Å². The molecule has 0 unspecified atom stereocenters. The zero-order valence-electron chi connectivity index (χ0n) is 21.4. The lowest BCUT2D eigenvalue weighted by atomic mass is 9.96. The van der Waals surface area contributed by atoms with E-state index in [-0.39, 0.29) is 17.0 Å². The van der Waals surface area contributed by atoms with Crippen molar-refractivity contribution in [2.45, 2.75) is 38.9 Å². The summed E-state index contributed by atoms with van der Waals surface area (Å²) in [6.45, 7) is 5.11. The number of carbonyl (C=O) groups excluding carboxylic acids is 1. The van der Waals surface area contributed by atoms with Crippen molar-refractivity contribution in [1.29, 1.82) is 0 Å². The van der Waals surface area contributed by atoms with Gasteiger partial charge >= 0.3 is 18.0 Å². The van der Waals surface area contributed by atoms with Gasteiger partial charge in [-0.05, 0) is 23.3 Å². The number of aromatic amines is 1. The highest BCUT2D eigenvalue weighted by Gasteiger charge is 2.34. The van der Waals surface area contributed by atoms with Crippen LogP contribution < -0.4 is 11.1 Å². The SMILES string of the molecule is Cn1cc(N)c(-c2nc3c(-c4ccc(CNC(=O)c5nc(C(C)(C)C)no5)c(C(F)(F)F)c4)ccnc3[nH]2)n1. The lowest BCUT2D eigenvalue weighted by Crippen LogP contribution is -2.25. The summed E-state index contributed by atoms with van der Waals surface area (Å²) >= 11 is 0. The van der Waals surface area contributed by atoms with Crippen LogP contribution in [0.15, 0.2) is 41.2 Å². The number of alkyl halides is 3. The molecule has 1 aromatic carbocycles. The minimum atomic E-state index is -4.69. The van der Waals surface area contributed by atoms with Crippen LogP contribution in [0.3, 0.4) is 0 Å². The van der Waals surface area contributed by atoms with E-state index in [1.165, 1.54) is 23.0 Å². The Labute approximate surface area is 219 Å². The van der Waals surface area contributed by atoms with Crippen LogP contribution in [-0.4, -0.2) is 40.8 Å². The van der Waals surface area contributed by atoms with E-state index in [1.54, 1.807) is 19.3 Å². The molecular formula is C25H24F3N9O2. The summed E-state index contributed by atoms with van der Waals surface area (Å²) in [6, 6.07) is 5.43. The number of aryl methyl sites for hydroxylation is 1. The molecule has 39 heavy (non-hydrogen) atoms. The average molecular weight is 540 g/mol. The molecule has 0 aliphatic carbocycles. The number of amides is 1. The van der Waals surface area contributed by atoms with Crippen molar-refractivity contribution in [2.75, 3.05) is 5.73 Å². The highest BCUT2D eigenvalue weighted by atomic mass is 19.4. The highest BCUT2D eigenvalue weighted by Crippen LogP contribution is 2.37. The van der Waals surface area contributed by atoms with Crippen LogP contribution >= 0.6 is 0 Å². The van der Waals surface area contributed by atoms with Gasteiger partial charge in [0.05, 0.1) is 11.3 Å². The molecule has 0 aliphatic rings. The lowest BCUT2D eigenvalue weighted by Gasteiger charge is -2.15. The number of pyridine rings is 1. The molecule has 4 N–H and O–H groups in total. The summed E-state index contributed by atoms with van der Waals surface area (Å²) in [5.41, 5.74) is 6.72. The Balaban J connectivity index is 1.46. The van der Waals surface area contributed by atoms with E-state index < -0.39 is 29.6 Å². The summed E-state index contributed by atoms with van der Waals surface area (Å²) in [5, 5.41) is 10.5. The first-order valence-electron chi connectivity index (χ1n) is 11.8. The molecule has 5 aromatic rings. The van der Waals surface area contributed by atoms with E-state index in [4.69, 9.17) is 10.3 Å². The van der Waals surface area contributed by atoms with Crippen molar-refractivity contribution in [1.82, 2.24) is 40.2 Å². The van der Waals surface area contributed by atoms with E-state index in [0.717, 1.165) is 6.07 Å². The predicted octanol–water partition coefficient (Wildman–Crippen LogP) is 4.24. The molecular weight excluding hydrogens is 515 g/mol. The molecule has 5 rings (SSSR count). The fourth-order valence-electron chi connectivity index (χ4n) is 3.98. The smallest absolute Gasteiger partial charge is 0.396 e. The molecule has 0 aliphatic heterocycles. The Bertz CT molecular complexity index is 1690. The Hall–Kier alpha value is -4.75. The van der Waals surface area contributed by atoms with E-state index in [0.29, 0.717) is 39.8 Å². The monoisotopic (exact) mass is 539 g/mol. The maximum absolute atomic E-state index is 14.1. The van der Waals surface area contributed by atoms with Gasteiger partial charge in [-0.2, -0.15) is 23.3 Å². The number of anilines is 1. The second-order valence-electron chi connectivity index (χ2n) is 9.97. The maximum atomic E-state index is 14.1. The topological polar surface area (TPSA) is 153 Å². The van der Waals surface area contributed by atoms with Gasteiger partial charge in [0.2, 0.25) is 0 Å². The number of nitrogen functional groups attached to an aromatic ring is 1. The molecule has 4 aromatic heterocycles. The number of imidazole rings is 1. The molecule has 14 heteroatoms. The summed E-state index contributed by atoms with van der Waals surface area (Å²) in [6.07, 6.45) is -1.60. The number of H-pyrrole nitrogens is 1. The van der Waals surface area contributed by atoms with Crippen molar-refractivity contribution in [2.24, 2.45) is 7.05 Å². The number of hydrogen-bond acceptors (Lipinski definition) is 8. The normalized spacial score (nSPS) is 12.3. The third-order valence-electron chi connectivity index (χ3n) is 5.92. The lowest BCUT2D eigenvalue weighted by molar-refractivity contribution is -0.138. The number of nitrogens with two attached hydrogens (primary N) is 1. The Morgan fingerprint density at radius 3 is 2.59 bits per heavy atom. The number of fused-ring (bicyclic) bond motifs is 1. The molecule has 0 atom stereocenters. The quantitative estimate of drug-likeness (QED) is 0.300. The third kappa shape index (κ3) is 5.04.